The first-order valence-corrected chi connectivity index (χ1v) is 11.1. The molecule has 156 valence electrons. The number of cyclic esters (lactones) is 1. The summed E-state index contributed by atoms with van der Waals surface area (Å²) >= 11 is 1.42. The molecular weight excluding hydrogens is 398 g/mol. The number of benzene rings is 2. The molecule has 1 aromatic heterocycles. The third-order valence-corrected chi connectivity index (χ3v) is 6.44. The van der Waals surface area contributed by atoms with Crippen molar-refractivity contribution in [1.82, 2.24) is 14.8 Å². The first-order chi connectivity index (χ1) is 14.7. The average molecular weight is 424 g/mol. The Morgan fingerprint density at radius 3 is 2.60 bits per heavy atom. The maximum atomic E-state index is 12.0. The van der Waals surface area contributed by atoms with Gasteiger partial charge in [0.05, 0.1) is 12.6 Å². The monoisotopic (exact) mass is 423 g/mol. The lowest BCUT2D eigenvalue weighted by Gasteiger charge is -2.19. The molecule has 2 aromatic carbocycles. The number of carbonyl (C=O) groups is 1. The minimum Gasteiger partial charge on any atom is -0.486 e. The molecule has 0 amide bonds. The van der Waals surface area contributed by atoms with Gasteiger partial charge in [-0.05, 0) is 36.6 Å². The van der Waals surface area contributed by atoms with Gasteiger partial charge in [0.2, 0.25) is 0 Å². The smallest absolute Gasteiger partial charge is 0.319 e. The number of hydrogen-bond donors (Lipinski definition) is 0. The van der Waals surface area contributed by atoms with E-state index in [1.54, 1.807) is 0 Å². The number of esters is 1. The summed E-state index contributed by atoms with van der Waals surface area (Å²) in [6.07, 6.45) is 1.68. The summed E-state index contributed by atoms with van der Waals surface area (Å²) in [5, 5.41) is 9.24. The maximum absolute atomic E-state index is 12.0. The Bertz CT molecular complexity index is 989. The zero-order valence-corrected chi connectivity index (χ0v) is 18.0. The second-order valence-electron chi connectivity index (χ2n) is 7.20. The molecule has 1 aliphatic heterocycles. The van der Waals surface area contributed by atoms with E-state index in [0.717, 1.165) is 23.6 Å². The van der Waals surface area contributed by atoms with E-state index in [2.05, 4.69) is 52.9 Å². The lowest BCUT2D eigenvalue weighted by molar-refractivity contribution is -0.137. The fourth-order valence-electron chi connectivity index (χ4n) is 3.44. The molecule has 2 atom stereocenters. The van der Waals surface area contributed by atoms with E-state index in [0.29, 0.717) is 24.8 Å². The molecule has 1 fully saturated rings. The Labute approximate surface area is 180 Å². The van der Waals surface area contributed by atoms with Gasteiger partial charge in [-0.1, -0.05) is 61.2 Å². The Morgan fingerprint density at radius 1 is 1.17 bits per heavy atom. The molecule has 4 rings (SSSR count). The fraction of sp³-hybridized carbons (Fsp3) is 0.348. The lowest BCUT2D eigenvalue weighted by atomic mass is 10.1. The highest BCUT2D eigenvalue weighted by Gasteiger charge is 2.31. The molecule has 30 heavy (non-hydrogen) atoms. The molecule has 0 spiro atoms. The summed E-state index contributed by atoms with van der Waals surface area (Å²) in [6.45, 7) is 4.99. The zero-order chi connectivity index (χ0) is 20.9. The topological polar surface area (TPSA) is 66.2 Å². The molecule has 2 heterocycles. The van der Waals surface area contributed by atoms with E-state index in [-0.39, 0.29) is 17.3 Å². The molecule has 1 aliphatic rings. The quantitative estimate of drug-likeness (QED) is 0.499. The molecule has 1 saturated heterocycles. The van der Waals surface area contributed by atoms with Crippen LogP contribution in [0.4, 0.5) is 0 Å². The summed E-state index contributed by atoms with van der Waals surface area (Å²) in [7, 11) is 0. The van der Waals surface area contributed by atoms with Gasteiger partial charge in [0.15, 0.2) is 11.0 Å². The van der Waals surface area contributed by atoms with Crippen molar-refractivity contribution in [3.8, 4) is 5.75 Å². The van der Waals surface area contributed by atoms with Gasteiger partial charge in [-0.25, -0.2) is 0 Å². The fourth-order valence-corrected chi connectivity index (χ4v) is 4.53. The Balaban J connectivity index is 1.59. The number of aromatic nitrogens is 3. The molecule has 7 heteroatoms. The van der Waals surface area contributed by atoms with Crippen molar-refractivity contribution in [2.45, 2.75) is 49.7 Å². The van der Waals surface area contributed by atoms with Crippen LogP contribution in [0.1, 0.15) is 43.3 Å². The molecule has 0 aliphatic carbocycles. The SMILES string of the molecule is CCc1ccc(OCc2nnc(SC3CCOC3=O)n2C(C)c2ccccc2)cc1. The highest BCUT2D eigenvalue weighted by atomic mass is 32.2. The van der Waals surface area contributed by atoms with Gasteiger partial charge in [0.1, 0.15) is 17.6 Å². The summed E-state index contributed by atoms with van der Waals surface area (Å²) in [5.74, 6) is 1.33. The predicted molar refractivity (Wildman–Crippen MR) is 116 cm³/mol. The number of nitrogens with zero attached hydrogens (tertiary/aromatic N) is 3. The van der Waals surface area contributed by atoms with E-state index in [1.807, 2.05) is 30.3 Å². The number of aryl methyl sites for hydroxylation is 1. The van der Waals surface area contributed by atoms with Crippen LogP contribution in [0.15, 0.2) is 59.8 Å². The number of thioether (sulfide) groups is 1. The van der Waals surface area contributed by atoms with Crippen molar-refractivity contribution in [3.63, 3.8) is 0 Å². The van der Waals surface area contributed by atoms with Gasteiger partial charge < -0.3 is 9.47 Å². The third-order valence-electron chi connectivity index (χ3n) is 5.24. The van der Waals surface area contributed by atoms with Crippen molar-refractivity contribution in [3.05, 3.63) is 71.5 Å². The van der Waals surface area contributed by atoms with E-state index in [9.17, 15) is 4.79 Å². The van der Waals surface area contributed by atoms with Crippen molar-refractivity contribution in [2.24, 2.45) is 0 Å². The van der Waals surface area contributed by atoms with Crippen molar-refractivity contribution < 1.29 is 14.3 Å². The van der Waals surface area contributed by atoms with Gasteiger partial charge in [0.25, 0.3) is 0 Å². The second-order valence-corrected chi connectivity index (χ2v) is 8.37. The molecular formula is C23H25N3O3S. The maximum Gasteiger partial charge on any atom is 0.319 e. The van der Waals surface area contributed by atoms with Crippen LogP contribution in [-0.4, -0.2) is 32.6 Å². The summed E-state index contributed by atoms with van der Waals surface area (Å²) < 4.78 is 13.2. The summed E-state index contributed by atoms with van der Waals surface area (Å²) in [5.41, 5.74) is 2.41. The summed E-state index contributed by atoms with van der Waals surface area (Å²) in [4.78, 5) is 12.0. The Morgan fingerprint density at radius 2 is 1.93 bits per heavy atom. The van der Waals surface area contributed by atoms with Crippen LogP contribution in [-0.2, 0) is 22.6 Å². The average Bonchev–Trinajstić information content (AvgIpc) is 3.38. The Kier molecular flexibility index (Phi) is 6.38. The molecule has 6 nitrogen and oxygen atoms in total. The summed E-state index contributed by atoms with van der Waals surface area (Å²) in [6, 6.07) is 18.3. The van der Waals surface area contributed by atoms with Crippen LogP contribution in [0.5, 0.6) is 5.75 Å². The second kappa shape index (κ2) is 9.34. The van der Waals surface area contributed by atoms with Crippen LogP contribution in [0.25, 0.3) is 0 Å². The van der Waals surface area contributed by atoms with Crippen LogP contribution in [0, 0.1) is 0 Å². The van der Waals surface area contributed by atoms with Crippen LogP contribution < -0.4 is 4.74 Å². The number of carbonyl (C=O) groups excluding carboxylic acids is 1. The molecule has 0 N–H and O–H groups in total. The van der Waals surface area contributed by atoms with Crippen molar-refractivity contribution in [2.75, 3.05) is 6.61 Å². The molecule has 3 aromatic rings. The van der Waals surface area contributed by atoms with E-state index in [4.69, 9.17) is 9.47 Å². The molecule has 2 unspecified atom stereocenters. The number of rotatable bonds is 8. The zero-order valence-electron chi connectivity index (χ0n) is 17.2. The van der Waals surface area contributed by atoms with Gasteiger partial charge in [-0.3, -0.25) is 9.36 Å². The van der Waals surface area contributed by atoms with E-state index >= 15 is 0 Å². The van der Waals surface area contributed by atoms with Crippen molar-refractivity contribution in [1.29, 1.82) is 0 Å². The Hall–Kier alpha value is -2.80. The van der Waals surface area contributed by atoms with Gasteiger partial charge in [-0.15, -0.1) is 10.2 Å². The minimum absolute atomic E-state index is 0.00203. The first-order valence-electron chi connectivity index (χ1n) is 10.2. The van der Waals surface area contributed by atoms with Crippen molar-refractivity contribution >= 4 is 17.7 Å². The van der Waals surface area contributed by atoms with Gasteiger partial charge in [0, 0.05) is 6.42 Å². The van der Waals surface area contributed by atoms with Gasteiger partial charge >= 0.3 is 5.97 Å². The number of hydrogen-bond acceptors (Lipinski definition) is 6. The number of ether oxygens (including phenoxy) is 2. The largest absolute Gasteiger partial charge is 0.486 e. The highest BCUT2D eigenvalue weighted by Crippen LogP contribution is 2.32. The molecule has 0 radical (unpaired) electrons. The predicted octanol–water partition coefficient (Wildman–Crippen LogP) is 4.44. The third kappa shape index (κ3) is 4.51. The van der Waals surface area contributed by atoms with Crippen LogP contribution in [0.3, 0.4) is 0 Å². The minimum atomic E-state index is -0.244. The van der Waals surface area contributed by atoms with Gasteiger partial charge in [-0.2, -0.15) is 0 Å². The van der Waals surface area contributed by atoms with Crippen LogP contribution in [0.2, 0.25) is 0 Å². The lowest BCUT2D eigenvalue weighted by Crippen LogP contribution is -2.16. The standard InChI is InChI=1S/C23H25N3O3S/c1-3-17-9-11-19(12-10-17)29-15-21-24-25-23(30-20-13-14-28-22(20)27)26(21)16(2)18-7-5-4-6-8-18/h4-12,16,20H,3,13-15H2,1-2H3. The van der Waals surface area contributed by atoms with Crippen LogP contribution >= 0.6 is 11.8 Å². The highest BCUT2D eigenvalue weighted by molar-refractivity contribution is 8.00. The normalized spacial score (nSPS) is 17.0. The molecule has 0 saturated carbocycles. The van der Waals surface area contributed by atoms with E-state index < -0.39 is 0 Å². The van der Waals surface area contributed by atoms with E-state index in [1.165, 1.54) is 17.3 Å². The first kappa shape index (κ1) is 20.5. The molecule has 0 bridgehead atoms.